The lowest BCUT2D eigenvalue weighted by molar-refractivity contribution is -0.123. The van der Waals surface area contributed by atoms with Gasteiger partial charge in [-0.25, -0.2) is 4.79 Å². The molecule has 1 fully saturated rings. The number of rotatable bonds is 3. The summed E-state index contributed by atoms with van der Waals surface area (Å²) < 4.78 is 12.3. The Labute approximate surface area is 159 Å². The Morgan fingerprint density at radius 1 is 1.24 bits per heavy atom. The minimum atomic E-state index is -1.01. The highest BCUT2D eigenvalue weighted by molar-refractivity contribution is 6.32. The molecule has 1 aliphatic heterocycles. The Balaban J connectivity index is 0.00000225. The molecule has 1 N–H and O–H groups in total. The van der Waals surface area contributed by atoms with Crippen molar-refractivity contribution in [3.8, 4) is 11.5 Å². The van der Waals surface area contributed by atoms with E-state index < -0.39 is 11.8 Å². The lowest BCUT2D eigenvalue weighted by Gasteiger charge is -2.39. The molecule has 25 heavy (non-hydrogen) atoms. The van der Waals surface area contributed by atoms with Crippen molar-refractivity contribution in [3.05, 3.63) is 22.2 Å². The monoisotopic (exact) mass is 389 g/mol. The number of carbonyl (C=O) groups is 1. The normalized spacial score (nSPS) is 27.9. The number of carboxylic acid groups (broad SMARTS) is 1. The molecule has 5 nitrogen and oxygen atoms in total. The Bertz CT molecular complexity index is 672. The van der Waals surface area contributed by atoms with Gasteiger partial charge in [-0.05, 0) is 52.8 Å². The second-order valence-corrected chi connectivity index (χ2v) is 7.59. The summed E-state index contributed by atoms with van der Waals surface area (Å²) in [4.78, 5) is 13.6. The molecule has 140 valence electrons. The SMILES string of the molecule is Cc1c(C(=O)O)cc(Cl)c2c1O[C@@](C)(C1CCC(N(C)C)CC1)O2.Cl. The second-order valence-electron chi connectivity index (χ2n) is 7.18. The number of hydrogen-bond donors (Lipinski definition) is 1. The van der Waals surface area contributed by atoms with Gasteiger partial charge < -0.3 is 19.5 Å². The second kappa shape index (κ2) is 7.22. The van der Waals surface area contributed by atoms with Crippen LogP contribution >= 0.6 is 24.0 Å². The molecule has 0 unspecified atom stereocenters. The molecule has 1 aromatic carbocycles. The maximum absolute atomic E-state index is 11.4. The molecular weight excluding hydrogens is 365 g/mol. The maximum Gasteiger partial charge on any atom is 0.336 e. The van der Waals surface area contributed by atoms with Crippen LogP contribution in [0.4, 0.5) is 0 Å². The van der Waals surface area contributed by atoms with Crippen LogP contribution in [0.5, 0.6) is 11.5 Å². The zero-order valence-corrected chi connectivity index (χ0v) is 16.5. The first-order valence-electron chi connectivity index (χ1n) is 8.33. The van der Waals surface area contributed by atoms with E-state index >= 15 is 0 Å². The first kappa shape index (κ1) is 20.1. The van der Waals surface area contributed by atoms with Gasteiger partial charge in [-0.1, -0.05) is 11.6 Å². The van der Waals surface area contributed by atoms with E-state index in [1.54, 1.807) is 6.92 Å². The molecule has 1 saturated carbocycles. The van der Waals surface area contributed by atoms with Crippen molar-refractivity contribution in [1.29, 1.82) is 0 Å². The summed E-state index contributed by atoms with van der Waals surface area (Å²) in [6, 6.07) is 2.04. The molecule has 1 atom stereocenters. The first-order valence-corrected chi connectivity index (χ1v) is 8.71. The van der Waals surface area contributed by atoms with E-state index in [1.807, 2.05) is 6.92 Å². The van der Waals surface area contributed by atoms with E-state index in [9.17, 15) is 9.90 Å². The lowest BCUT2D eigenvalue weighted by Crippen LogP contribution is -2.46. The Morgan fingerprint density at radius 3 is 2.32 bits per heavy atom. The van der Waals surface area contributed by atoms with Crippen LogP contribution in [0.3, 0.4) is 0 Å². The first-order chi connectivity index (χ1) is 11.2. The van der Waals surface area contributed by atoms with Gasteiger partial charge in [0.15, 0.2) is 11.5 Å². The summed E-state index contributed by atoms with van der Waals surface area (Å²) in [5.41, 5.74) is 0.718. The van der Waals surface area contributed by atoms with E-state index in [-0.39, 0.29) is 23.9 Å². The largest absolute Gasteiger partial charge is 0.478 e. The highest BCUT2D eigenvalue weighted by atomic mass is 35.5. The van der Waals surface area contributed by atoms with Gasteiger partial charge in [0.05, 0.1) is 10.6 Å². The minimum absolute atomic E-state index is 0. The Morgan fingerprint density at radius 2 is 1.80 bits per heavy atom. The molecular formula is C18H25Cl2NO4. The highest BCUT2D eigenvalue weighted by Crippen LogP contribution is 2.51. The van der Waals surface area contributed by atoms with Crippen LogP contribution in [-0.2, 0) is 0 Å². The van der Waals surface area contributed by atoms with Crippen molar-refractivity contribution in [2.24, 2.45) is 5.92 Å². The van der Waals surface area contributed by atoms with Crippen molar-refractivity contribution in [2.45, 2.75) is 51.4 Å². The van der Waals surface area contributed by atoms with Crippen LogP contribution in [0, 0.1) is 12.8 Å². The van der Waals surface area contributed by atoms with E-state index in [0.29, 0.717) is 28.1 Å². The molecule has 0 spiro atoms. The fourth-order valence-electron chi connectivity index (χ4n) is 3.85. The van der Waals surface area contributed by atoms with Gasteiger partial charge in [0.1, 0.15) is 0 Å². The molecule has 1 aliphatic carbocycles. The Hall–Kier alpha value is -1.17. The summed E-state index contributed by atoms with van der Waals surface area (Å²) in [6.45, 7) is 3.67. The van der Waals surface area contributed by atoms with Crippen molar-refractivity contribution in [2.75, 3.05) is 14.1 Å². The molecule has 0 bridgehead atoms. The van der Waals surface area contributed by atoms with Crippen molar-refractivity contribution >= 4 is 30.0 Å². The summed E-state index contributed by atoms with van der Waals surface area (Å²) in [7, 11) is 4.23. The number of nitrogens with zero attached hydrogens (tertiary/aromatic N) is 1. The van der Waals surface area contributed by atoms with Crippen molar-refractivity contribution < 1.29 is 19.4 Å². The zero-order chi connectivity index (χ0) is 17.6. The topological polar surface area (TPSA) is 59.0 Å². The number of carboxylic acids is 1. The van der Waals surface area contributed by atoms with E-state index in [4.69, 9.17) is 21.1 Å². The zero-order valence-electron chi connectivity index (χ0n) is 15.0. The van der Waals surface area contributed by atoms with Crippen LogP contribution in [0.25, 0.3) is 0 Å². The average Bonchev–Trinajstić information content (AvgIpc) is 2.91. The van der Waals surface area contributed by atoms with Gasteiger partial charge in [0, 0.05) is 24.4 Å². The maximum atomic E-state index is 11.4. The molecule has 0 aromatic heterocycles. The summed E-state index contributed by atoms with van der Waals surface area (Å²) in [6.07, 6.45) is 4.22. The summed E-state index contributed by atoms with van der Waals surface area (Å²) in [5, 5.41) is 9.61. The van der Waals surface area contributed by atoms with Gasteiger partial charge in [0.25, 0.3) is 5.79 Å². The molecule has 0 saturated heterocycles. The minimum Gasteiger partial charge on any atom is -0.478 e. The predicted molar refractivity (Wildman–Crippen MR) is 99.5 cm³/mol. The quantitative estimate of drug-likeness (QED) is 0.830. The van der Waals surface area contributed by atoms with Crippen LogP contribution in [0.1, 0.15) is 48.5 Å². The smallest absolute Gasteiger partial charge is 0.336 e. The van der Waals surface area contributed by atoms with Gasteiger partial charge >= 0.3 is 5.97 Å². The molecule has 1 aromatic rings. The molecule has 1 heterocycles. The average molecular weight is 390 g/mol. The number of aromatic carboxylic acids is 1. The van der Waals surface area contributed by atoms with Crippen LogP contribution in [0.15, 0.2) is 6.07 Å². The van der Waals surface area contributed by atoms with Crippen LogP contribution in [-0.4, -0.2) is 41.9 Å². The predicted octanol–water partition coefficient (Wildman–Crippen LogP) is 4.38. The third kappa shape index (κ3) is 3.55. The van der Waals surface area contributed by atoms with Crippen molar-refractivity contribution in [1.82, 2.24) is 4.90 Å². The molecule has 3 rings (SSSR count). The number of benzene rings is 1. The van der Waals surface area contributed by atoms with Crippen molar-refractivity contribution in [3.63, 3.8) is 0 Å². The van der Waals surface area contributed by atoms with E-state index in [0.717, 1.165) is 25.7 Å². The summed E-state index contributed by atoms with van der Waals surface area (Å²) >= 11 is 6.25. The molecule has 0 amide bonds. The van der Waals surface area contributed by atoms with Gasteiger partial charge in [-0.3, -0.25) is 0 Å². The third-order valence-corrected chi connectivity index (χ3v) is 5.73. The number of fused-ring (bicyclic) bond motifs is 1. The standard InChI is InChI=1S/C18H24ClNO4.ClH/c1-10-13(17(21)22)9-14(19)16-15(10)23-18(2,24-16)11-5-7-12(8-6-11)20(3)4;/h9,11-12H,5-8H2,1-4H3,(H,21,22);1H/t11?,12?,18-;/m1./s1. The van der Waals surface area contributed by atoms with Crippen LogP contribution < -0.4 is 9.47 Å². The van der Waals surface area contributed by atoms with E-state index in [1.165, 1.54) is 6.07 Å². The van der Waals surface area contributed by atoms with Gasteiger partial charge in [0.2, 0.25) is 0 Å². The number of halogens is 2. The number of ether oxygens (including phenoxy) is 2. The number of hydrogen-bond acceptors (Lipinski definition) is 4. The van der Waals surface area contributed by atoms with Gasteiger partial charge in [-0.15, -0.1) is 12.4 Å². The fraction of sp³-hybridized carbons (Fsp3) is 0.611. The van der Waals surface area contributed by atoms with Gasteiger partial charge in [-0.2, -0.15) is 0 Å². The third-order valence-electron chi connectivity index (χ3n) is 5.45. The van der Waals surface area contributed by atoms with Crippen LogP contribution in [0.2, 0.25) is 5.02 Å². The van der Waals surface area contributed by atoms with E-state index in [2.05, 4.69) is 19.0 Å². The molecule has 0 radical (unpaired) electrons. The highest BCUT2D eigenvalue weighted by Gasteiger charge is 2.47. The fourth-order valence-corrected chi connectivity index (χ4v) is 4.08. The molecule has 2 aliphatic rings. The lowest BCUT2D eigenvalue weighted by atomic mass is 9.81. The summed E-state index contributed by atoms with van der Waals surface area (Å²) in [5.74, 6) is -0.607. The Kier molecular flexibility index (Phi) is 5.81. The molecule has 7 heteroatoms.